The largest absolute Gasteiger partial charge is 0.494 e. The molecule has 0 saturated carbocycles. The van der Waals surface area contributed by atoms with Crippen molar-refractivity contribution in [3.8, 4) is 16.9 Å². The van der Waals surface area contributed by atoms with Gasteiger partial charge < -0.3 is 14.4 Å². The van der Waals surface area contributed by atoms with Gasteiger partial charge in [-0.15, -0.1) is 0 Å². The van der Waals surface area contributed by atoms with E-state index in [2.05, 4.69) is 15.1 Å². The summed E-state index contributed by atoms with van der Waals surface area (Å²) in [4.78, 5) is 8.92. The molecule has 0 saturated heterocycles. The van der Waals surface area contributed by atoms with E-state index < -0.39 is 17.7 Å². The molecular weight excluding hydrogens is 416 g/mol. The number of rotatable bonds is 5. The number of imidazole rings is 1. The van der Waals surface area contributed by atoms with E-state index in [9.17, 15) is 13.9 Å². The first-order chi connectivity index (χ1) is 15.4. The lowest BCUT2D eigenvalue weighted by molar-refractivity contribution is 0.185. The van der Waals surface area contributed by atoms with Crippen LogP contribution in [0.1, 0.15) is 24.4 Å². The van der Waals surface area contributed by atoms with Gasteiger partial charge in [-0.25, -0.2) is 23.3 Å². The highest BCUT2D eigenvalue weighted by Gasteiger charge is 2.19. The van der Waals surface area contributed by atoms with Gasteiger partial charge in [0, 0.05) is 42.2 Å². The predicted molar refractivity (Wildman–Crippen MR) is 114 cm³/mol. The van der Waals surface area contributed by atoms with Gasteiger partial charge >= 0.3 is 0 Å². The molecular formula is C23H19F2N5O2. The Hall–Kier alpha value is -3.85. The molecule has 9 heteroatoms. The molecule has 1 aromatic carbocycles. The van der Waals surface area contributed by atoms with Gasteiger partial charge in [0.1, 0.15) is 34.8 Å². The Morgan fingerprint density at radius 2 is 1.91 bits per heavy atom. The molecule has 7 nitrogen and oxygen atoms in total. The van der Waals surface area contributed by atoms with Gasteiger partial charge in [-0.1, -0.05) is 0 Å². The summed E-state index contributed by atoms with van der Waals surface area (Å²) in [5, 5.41) is 14.6. The van der Waals surface area contributed by atoms with Crippen molar-refractivity contribution in [3.63, 3.8) is 0 Å². The van der Waals surface area contributed by atoms with Crippen molar-refractivity contribution in [3.05, 3.63) is 78.0 Å². The Morgan fingerprint density at radius 1 is 1.12 bits per heavy atom. The minimum Gasteiger partial charge on any atom is -0.494 e. The number of methoxy groups -OCH3 is 1. The van der Waals surface area contributed by atoms with Crippen LogP contribution < -0.4 is 4.74 Å². The van der Waals surface area contributed by atoms with Crippen molar-refractivity contribution < 1.29 is 18.6 Å². The zero-order valence-corrected chi connectivity index (χ0v) is 17.3. The molecule has 0 spiro atoms. The zero-order valence-electron chi connectivity index (χ0n) is 17.3. The Morgan fingerprint density at radius 3 is 2.62 bits per heavy atom. The van der Waals surface area contributed by atoms with E-state index in [0.29, 0.717) is 28.3 Å². The van der Waals surface area contributed by atoms with Crippen molar-refractivity contribution in [2.75, 3.05) is 7.11 Å². The van der Waals surface area contributed by atoms with Crippen molar-refractivity contribution >= 4 is 16.7 Å². The standard InChI is InChI=1S/C23H19F2N5O2/c1-13(31)23-28-22-19(29(23)12-14-7-16(24)10-17(25)8-14)9-15(11-26-22)18-4-6-30-21(18)20(32-2)3-5-27-30/h3-11,13,31H,12H2,1-2H3/t13-/m0/s1. The third-order valence-electron chi connectivity index (χ3n) is 5.32. The van der Waals surface area contributed by atoms with Gasteiger partial charge in [0.15, 0.2) is 5.65 Å². The first-order valence-electron chi connectivity index (χ1n) is 9.94. The zero-order chi connectivity index (χ0) is 22.4. The van der Waals surface area contributed by atoms with Gasteiger partial charge in [0.25, 0.3) is 0 Å². The number of aromatic nitrogens is 5. The normalized spacial score (nSPS) is 12.5. The van der Waals surface area contributed by atoms with Gasteiger partial charge in [0.2, 0.25) is 0 Å². The summed E-state index contributed by atoms with van der Waals surface area (Å²) in [6, 6.07) is 8.92. The lowest BCUT2D eigenvalue weighted by Crippen LogP contribution is -2.08. The monoisotopic (exact) mass is 435 g/mol. The fraction of sp³-hybridized carbons (Fsp3) is 0.174. The predicted octanol–water partition coefficient (Wildman–Crippen LogP) is 4.13. The van der Waals surface area contributed by atoms with E-state index in [-0.39, 0.29) is 6.54 Å². The van der Waals surface area contributed by atoms with E-state index in [4.69, 9.17) is 4.74 Å². The number of nitrogens with zero attached hydrogens (tertiary/aromatic N) is 5. The fourth-order valence-electron chi connectivity index (χ4n) is 3.95. The number of pyridine rings is 1. The third-order valence-corrected chi connectivity index (χ3v) is 5.32. The number of aliphatic hydroxyl groups is 1. The highest BCUT2D eigenvalue weighted by molar-refractivity contribution is 5.88. The minimum absolute atomic E-state index is 0.123. The van der Waals surface area contributed by atoms with Crippen LogP contribution in [0.25, 0.3) is 27.8 Å². The lowest BCUT2D eigenvalue weighted by atomic mass is 10.1. The van der Waals surface area contributed by atoms with Crippen LogP contribution in [0.15, 0.2) is 55.0 Å². The summed E-state index contributed by atoms with van der Waals surface area (Å²) in [5.41, 5.74) is 3.89. The van der Waals surface area contributed by atoms with Gasteiger partial charge in [-0.05, 0) is 36.8 Å². The van der Waals surface area contributed by atoms with Gasteiger partial charge in [-0.2, -0.15) is 5.10 Å². The summed E-state index contributed by atoms with van der Waals surface area (Å²) in [7, 11) is 1.59. The molecule has 0 aliphatic rings. The van der Waals surface area contributed by atoms with E-state index in [0.717, 1.165) is 22.7 Å². The lowest BCUT2D eigenvalue weighted by Gasteiger charge is -2.12. The highest BCUT2D eigenvalue weighted by atomic mass is 19.1. The molecule has 4 aromatic heterocycles. The van der Waals surface area contributed by atoms with Crippen LogP contribution in [-0.2, 0) is 6.54 Å². The van der Waals surface area contributed by atoms with E-state index in [1.54, 1.807) is 41.6 Å². The maximum absolute atomic E-state index is 13.8. The second-order valence-corrected chi connectivity index (χ2v) is 7.50. The Balaban J connectivity index is 1.69. The minimum atomic E-state index is -0.898. The molecule has 5 aromatic rings. The molecule has 0 fully saturated rings. The topological polar surface area (TPSA) is 77.5 Å². The number of hydrogen-bond donors (Lipinski definition) is 1. The van der Waals surface area contributed by atoms with Crippen LogP contribution in [0.5, 0.6) is 5.75 Å². The number of halogens is 2. The average molecular weight is 435 g/mol. The molecule has 4 heterocycles. The second-order valence-electron chi connectivity index (χ2n) is 7.50. The molecule has 162 valence electrons. The van der Waals surface area contributed by atoms with Crippen molar-refractivity contribution in [2.24, 2.45) is 0 Å². The average Bonchev–Trinajstić information content (AvgIpc) is 3.34. The molecule has 0 amide bonds. The molecule has 1 N–H and O–H groups in total. The smallest absolute Gasteiger partial charge is 0.178 e. The molecule has 32 heavy (non-hydrogen) atoms. The molecule has 1 atom stereocenters. The quantitative estimate of drug-likeness (QED) is 0.449. The van der Waals surface area contributed by atoms with Crippen LogP contribution in [0, 0.1) is 11.6 Å². The van der Waals surface area contributed by atoms with Crippen LogP contribution in [0.2, 0.25) is 0 Å². The summed E-state index contributed by atoms with van der Waals surface area (Å²) in [6.07, 6.45) is 4.27. The maximum atomic E-state index is 13.8. The summed E-state index contributed by atoms with van der Waals surface area (Å²) < 4.78 is 36.4. The SMILES string of the molecule is COc1ccnn2ccc(-c3cnc4nc([C@H](C)O)n(Cc5cc(F)cc(F)c5)c4c3)c12. The molecule has 0 unspecified atom stereocenters. The van der Waals surface area contributed by atoms with Gasteiger partial charge in [-0.3, -0.25) is 0 Å². The van der Waals surface area contributed by atoms with E-state index in [1.165, 1.54) is 12.1 Å². The van der Waals surface area contributed by atoms with Crippen molar-refractivity contribution in [1.29, 1.82) is 0 Å². The van der Waals surface area contributed by atoms with Crippen LogP contribution in [0.3, 0.4) is 0 Å². The number of benzene rings is 1. The number of fused-ring (bicyclic) bond motifs is 2. The molecule has 0 aliphatic carbocycles. The van der Waals surface area contributed by atoms with Crippen molar-refractivity contribution in [2.45, 2.75) is 19.6 Å². The van der Waals surface area contributed by atoms with E-state index >= 15 is 0 Å². The highest BCUT2D eigenvalue weighted by Crippen LogP contribution is 2.33. The first-order valence-corrected chi connectivity index (χ1v) is 9.94. The Bertz CT molecular complexity index is 1440. The van der Waals surface area contributed by atoms with Crippen LogP contribution in [0.4, 0.5) is 8.78 Å². The number of ether oxygens (including phenoxy) is 1. The molecule has 0 radical (unpaired) electrons. The summed E-state index contributed by atoms with van der Waals surface area (Å²) >= 11 is 0. The first kappa shape index (κ1) is 20.1. The Kier molecular flexibility index (Phi) is 4.82. The molecule has 0 aliphatic heterocycles. The van der Waals surface area contributed by atoms with Crippen LogP contribution in [-0.4, -0.2) is 36.4 Å². The summed E-state index contributed by atoms with van der Waals surface area (Å²) in [5.74, 6) is -0.313. The molecule has 5 rings (SSSR count). The second kappa shape index (κ2) is 7.69. The van der Waals surface area contributed by atoms with Crippen LogP contribution >= 0.6 is 0 Å². The third kappa shape index (κ3) is 3.36. The number of hydrogen-bond acceptors (Lipinski definition) is 5. The van der Waals surface area contributed by atoms with Gasteiger partial charge in [0.05, 0.1) is 18.8 Å². The maximum Gasteiger partial charge on any atom is 0.178 e. The van der Waals surface area contributed by atoms with Crippen molar-refractivity contribution in [1.82, 2.24) is 24.1 Å². The fourth-order valence-corrected chi connectivity index (χ4v) is 3.95. The Labute approximate surface area is 181 Å². The number of aliphatic hydroxyl groups excluding tert-OH is 1. The molecule has 0 bridgehead atoms. The van der Waals surface area contributed by atoms with E-state index in [1.807, 2.05) is 18.3 Å². The summed E-state index contributed by atoms with van der Waals surface area (Å²) in [6.45, 7) is 1.71.